The van der Waals surface area contributed by atoms with E-state index in [-0.39, 0.29) is 11.5 Å². The molecule has 21 heavy (non-hydrogen) atoms. The molecule has 2 aromatic rings. The van der Waals surface area contributed by atoms with E-state index in [4.69, 9.17) is 5.84 Å². The lowest BCUT2D eigenvalue weighted by molar-refractivity contribution is 0.211. The lowest BCUT2D eigenvalue weighted by Crippen LogP contribution is -2.46. The van der Waals surface area contributed by atoms with Gasteiger partial charge in [-0.1, -0.05) is 49.6 Å². The fourth-order valence-electron chi connectivity index (χ4n) is 3.68. The van der Waals surface area contributed by atoms with Gasteiger partial charge >= 0.3 is 0 Å². The zero-order valence-electron chi connectivity index (χ0n) is 12.2. The van der Waals surface area contributed by atoms with Crippen LogP contribution in [0.1, 0.15) is 49.4 Å². The first-order valence-electron chi connectivity index (χ1n) is 7.64. The molecule has 1 atom stereocenters. The van der Waals surface area contributed by atoms with Gasteiger partial charge < -0.3 is 0 Å². The third-order valence-electron chi connectivity index (χ3n) is 4.69. The van der Waals surface area contributed by atoms with Crippen LogP contribution in [0, 0.1) is 0 Å². The van der Waals surface area contributed by atoms with Crippen LogP contribution in [0.3, 0.4) is 0 Å². The van der Waals surface area contributed by atoms with Crippen molar-refractivity contribution in [2.24, 2.45) is 5.84 Å². The molecule has 0 amide bonds. The molecule has 110 valence electrons. The van der Waals surface area contributed by atoms with Gasteiger partial charge in [0.15, 0.2) is 0 Å². The second kappa shape index (κ2) is 6.33. The Morgan fingerprint density at radius 2 is 1.81 bits per heavy atom. The Hall–Kier alpha value is -1.78. The lowest BCUT2D eigenvalue weighted by Gasteiger charge is -2.43. The summed E-state index contributed by atoms with van der Waals surface area (Å²) in [5, 5.41) is 0. The number of benzene rings is 1. The van der Waals surface area contributed by atoms with Crippen molar-refractivity contribution in [3.63, 3.8) is 0 Å². The standard InChI is InChI=1S/C17H22N4/c18-21-16(15-13-19-11-12-20-15)17(9-5-2-6-10-17)14-7-3-1-4-8-14/h1,3-4,7-8,11-13,16,21H,2,5-6,9-10,18H2. The van der Waals surface area contributed by atoms with Crippen molar-refractivity contribution in [3.8, 4) is 0 Å². The minimum Gasteiger partial charge on any atom is -0.271 e. The van der Waals surface area contributed by atoms with Crippen LogP contribution in [0.5, 0.6) is 0 Å². The molecule has 1 heterocycles. The molecule has 3 N–H and O–H groups in total. The summed E-state index contributed by atoms with van der Waals surface area (Å²) in [5.41, 5.74) is 5.30. The smallest absolute Gasteiger partial charge is 0.0778 e. The average molecular weight is 282 g/mol. The van der Waals surface area contributed by atoms with Crippen molar-refractivity contribution in [1.29, 1.82) is 0 Å². The van der Waals surface area contributed by atoms with Crippen LogP contribution < -0.4 is 11.3 Å². The van der Waals surface area contributed by atoms with Crippen molar-refractivity contribution in [2.45, 2.75) is 43.6 Å². The highest BCUT2D eigenvalue weighted by Gasteiger charge is 2.42. The maximum atomic E-state index is 5.94. The summed E-state index contributed by atoms with van der Waals surface area (Å²) in [5.74, 6) is 5.94. The first-order valence-corrected chi connectivity index (χ1v) is 7.64. The van der Waals surface area contributed by atoms with Crippen molar-refractivity contribution in [1.82, 2.24) is 15.4 Å². The monoisotopic (exact) mass is 282 g/mol. The second-order valence-corrected chi connectivity index (χ2v) is 5.81. The van der Waals surface area contributed by atoms with E-state index in [2.05, 4.69) is 45.7 Å². The van der Waals surface area contributed by atoms with E-state index < -0.39 is 0 Å². The van der Waals surface area contributed by atoms with Crippen LogP contribution >= 0.6 is 0 Å². The Morgan fingerprint density at radius 3 is 2.43 bits per heavy atom. The van der Waals surface area contributed by atoms with Gasteiger partial charge in [0.1, 0.15) is 0 Å². The Kier molecular flexibility index (Phi) is 4.27. The molecule has 1 aliphatic rings. The van der Waals surface area contributed by atoms with Crippen LogP contribution in [0.25, 0.3) is 0 Å². The number of rotatable bonds is 4. The molecule has 1 aliphatic carbocycles. The third-order valence-corrected chi connectivity index (χ3v) is 4.69. The van der Waals surface area contributed by atoms with Crippen molar-refractivity contribution in [2.75, 3.05) is 0 Å². The highest BCUT2D eigenvalue weighted by molar-refractivity contribution is 5.31. The first kappa shape index (κ1) is 14.2. The van der Waals surface area contributed by atoms with E-state index in [1.807, 2.05) is 6.20 Å². The summed E-state index contributed by atoms with van der Waals surface area (Å²) < 4.78 is 0. The van der Waals surface area contributed by atoms with Crippen molar-refractivity contribution < 1.29 is 0 Å². The molecule has 0 bridgehead atoms. The highest BCUT2D eigenvalue weighted by atomic mass is 15.2. The Labute approximate surface area is 125 Å². The maximum absolute atomic E-state index is 5.94. The number of hydrogen-bond acceptors (Lipinski definition) is 4. The van der Waals surface area contributed by atoms with E-state index in [1.165, 1.54) is 24.8 Å². The van der Waals surface area contributed by atoms with Gasteiger partial charge in [-0.05, 0) is 18.4 Å². The van der Waals surface area contributed by atoms with Gasteiger partial charge in [-0.3, -0.25) is 21.2 Å². The van der Waals surface area contributed by atoms with Crippen LogP contribution in [0.2, 0.25) is 0 Å². The minimum absolute atomic E-state index is 0.00426. The van der Waals surface area contributed by atoms with Crippen LogP contribution in [-0.4, -0.2) is 9.97 Å². The summed E-state index contributed by atoms with van der Waals surface area (Å²) in [6.45, 7) is 0. The van der Waals surface area contributed by atoms with Gasteiger partial charge in [0.2, 0.25) is 0 Å². The molecule has 1 aromatic carbocycles. The van der Waals surface area contributed by atoms with Gasteiger partial charge in [0.05, 0.1) is 17.9 Å². The topological polar surface area (TPSA) is 63.8 Å². The number of nitrogens with zero attached hydrogens (tertiary/aromatic N) is 2. The summed E-state index contributed by atoms with van der Waals surface area (Å²) >= 11 is 0. The molecule has 0 radical (unpaired) electrons. The van der Waals surface area contributed by atoms with Gasteiger partial charge in [-0.25, -0.2) is 0 Å². The van der Waals surface area contributed by atoms with Crippen LogP contribution in [-0.2, 0) is 5.41 Å². The fourth-order valence-corrected chi connectivity index (χ4v) is 3.68. The molecule has 3 rings (SSSR count). The molecular weight excluding hydrogens is 260 g/mol. The molecule has 1 fully saturated rings. The van der Waals surface area contributed by atoms with Crippen LogP contribution in [0.4, 0.5) is 0 Å². The van der Waals surface area contributed by atoms with Crippen molar-refractivity contribution >= 4 is 0 Å². The summed E-state index contributed by atoms with van der Waals surface area (Å²) in [6.07, 6.45) is 11.3. The Balaban J connectivity index is 2.06. The summed E-state index contributed by atoms with van der Waals surface area (Å²) in [4.78, 5) is 8.71. The number of hydrazine groups is 1. The molecule has 0 saturated heterocycles. The molecule has 4 nitrogen and oxygen atoms in total. The van der Waals surface area contributed by atoms with Crippen molar-refractivity contribution in [3.05, 3.63) is 60.2 Å². The van der Waals surface area contributed by atoms with E-state index in [0.717, 1.165) is 18.5 Å². The Bertz CT molecular complexity index is 550. The third kappa shape index (κ3) is 2.69. The molecule has 1 saturated carbocycles. The zero-order valence-corrected chi connectivity index (χ0v) is 12.2. The second-order valence-electron chi connectivity index (χ2n) is 5.81. The highest BCUT2D eigenvalue weighted by Crippen LogP contribution is 2.47. The molecule has 1 unspecified atom stereocenters. The molecule has 4 heteroatoms. The van der Waals surface area contributed by atoms with Gasteiger partial charge in [0.25, 0.3) is 0 Å². The normalized spacial score (nSPS) is 19.1. The van der Waals surface area contributed by atoms with Gasteiger partial charge in [-0.15, -0.1) is 0 Å². The lowest BCUT2D eigenvalue weighted by atomic mass is 9.64. The minimum atomic E-state index is -0.00565. The summed E-state index contributed by atoms with van der Waals surface area (Å²) in [7, 11) is 0. The number of aromatic nitrogens is 2. The first-order chi connectivity index (χ1) is 10.4. The maximum Gasteiger partial charge on any atom is 0.0778 e. The molecule has 0 spiro atoms. The van der Waals surface area contributed by atoms with E-state index in [9.17, 15) is 0 Å². The van der Waals surface area contributed by atoms with E-state index in [0.29, 0.717) is 0 Å². The van der Waals surface area contributed by atoms with E-state index in [1.54, 1.807) is 12.4 Å². The largest absolute Gasteiger partial charge is 0.271 e. The number of nitrogens with two attached hydrogens (primary N) is 1. The van der Waals surface area contributed by atoms with Crippen LogP contribution in [0.15, 0.2) is 48.9 Å². The Morgan fingerprint density at radius 1 is 1.05 bits per heavy atom. The average Bonchev–Trinajstić information content (AvgIpc) is 2.58. The van der Waals surface area contributed by atoms with Gasteiger partial charge in [-0.2, -0.15) is 0 Å². The predicted octanol–water partition coefficient (Wildman–Crippen LogP) is 2.88. The zero-order chi connectivity index (χ0) is 14.5. The number of hydrogen-bond donors (Lipinski definition) is 2. The molecule has 1 aromatic heterocycles. The van der Waals surface area contributed by atoms with E-state index >= 15 is 0 Å². The predicted molar refractivity (Wildman–Crippen MR) is 83.3 cm³/mol. The fraction of sp³-hybridized carbons (Fsp3) is 0.412. The quantitative estimate of drug-likeness (QED) is 0.668. The SMILES string of the molecule is NNC(c1cnccn1)C1(c2ccccc2)CCCCC1. The molecule has 0 aliphatic heterocycles. The molecular formula is C17H22N4. The number of nitrogens with one attached hydrogen (secondary N) is 1. The summed E-state index contributed by atoms with van der Waals surface area (Å²) in [6, 6.07) is 10.7. The van der Waals surface area contributed by atoms with Gasteiger partial charge in [0, 0.05) is 17.8 Å².